The van der Waals surface area contributed by atoms with Gasteiger partial charge in [-0.2, -0.15) is 0 Å². The zero-order chi connectivity index (χ0) is 17.3. The molecule has 1 aliphatic heterocycles. The van der Waals surface area contributed by atoms with Crippen LogP contribution in [-0.4, -0.2) is 41.1 Å². The maximum Gasteiger partial charge on any atom is 0.223 e. The number of amides is 1. The summed E-state index contributed by atoms with van der Waals surface area (Å²) >= 11 is 0. The average molecular weight is 330 g/mol. The van der Waals surface area contributed by atoms with E-state index in [1.165, 1.54) is 5.56 Å². The molecule has 132 valence electrons. The highest BCUT2D eigenvalue weighted by molar-refractivity contribution is 5.79. The fourth-order valence-electron chi connectivity index (χ4n) is 3.88. The molecule has 4 heteroatoms. The van der Waals surface area contributed by atoms with Gasteiger partial charge in [-0.15, -0.1) is 0 Å². The van der Waals surface area contributed by atoms with Crippen molar-refractivity contribution in [3.05, 3.63) is 35.4 Å². The lowest BCUT2D eigenvalue weighted by atomic mass is 9.93. The average Bonchev–Trinajstić information content (AvgIpc) is 2.92. The molecule has 0 radical (unpaired) electrons. The predicted molar refractivity (Wildman–Crippen MR) is 95.6 cm³/mol. The Kier molecular flexibility index (Phi) is 5.26. The quantitative estimate of drug-likeness (QED) is 0.892. The number of piperidine rings is 1. The van der Waals surface area contributed by atoms with Crippen LogP contribution in [0.1, 0.15) is 50.8 Å². The van der Waals surface area contributed by atoms with Crippen LogP contribution in [0.25, 0.3) is 0 Å². The summed E-state index contributed by atoms with van der Waals surface area (Å²) in [6.07, 6.45) is 2.29. The first-order valence-electron chi connectivity index (χ1n) is 9.27. The van der Waals surface area contributed by atoms with Crippen molar-refractivity contribution in [2.24, 2.45) is 11.8 Å². The second-order valence-electron chi connectivity index (χ2n) is 7.77. The Morgan fingerprint density at radius 3 is 2.50 bits per heavy atom. The van der Waals surface area contributed by atoms with Gasteiger partial charge >= 0.3 is 0 Å². The molecule has 0 bridgehead atoms. The van der Waals surface area contributed by atoms with Crippen LogP contribution >= 0.6 is 0 Å². The number of nitrogens with one attached hydrogen (secondary N) is 1. The highest BCUT2D eigenvalue weighted by Gasteiger charge is 2.37. The van der Waals surface area contributed by atoms with E-state index in [2.05, 4.69) is 37.1 Å². The molecule has 0 saturated carbocycles. The Hall–Kier alpha value is -1.39. The van der Waals surface area contributed by atoms with Gasteiger partial charge < -0.3 is 10.4 Å². The predicted octanol–water partition coefficient (Wildman–Crippen LogP) is 2.52. The number of fused-ring (bicyclic) bond motifs is 1. The Balaban J connectivity index is 1.54. The van der Waals surface area contributed by atoms with E-state index in [1.54, 1.807) is 0 Å². The van der Waals surface area contributed by atoms with Gasteiger partial charge in [-0.1, -0.05) is 38.1 Å². The lowest BCUT2D eigenvalue weighted by molar-refractivity contribution is -0.127. The Labute approximate surface area is 145 Å². The monoisotopic (exact) mass is 330 g/mol. The van der Waals surface area contributed by atoms with E-state index in [-0.39, 0.29) is 23.9 Å². The molecule has 1 fully saturated rings. The van der Waals surface area contributed by atoms with Gasteiger partial charge in [0.25, 0.3) is 0 Å². The van der Waals surface area contributed by atoms with Gasteiger partial charge in [0.05, 0.1) is 6.10 Å². The summed E-state index contributed by atoms with van der Waals surface area (Å²) in [6, 6.07) is 8.58. The molecule has 1 amide bonds. The first-order chi connectivity index (χ1) is 11.5. The summed E-state index contributed by atoms with van der Waals surface area (Å²) in [5, 5.41) is 13.8. The number of aliphatic hydroxyl groups is 1. The normalized spacial score (nSPS) is 26.4. The lowest BCUT2D eigenvalue weighted by Gasteiger charge is -2.37. The maximum atomic E-state index is 12.4. The van der Waals surface area contributed by atoms with E-state index in [4.69, 9.17) is 0 Å². The summed E-state index contributed by atoms with van der Waals surface area (Å²) < 4.78 is 0. The number of likely N-dealkylation sites (tertiary alicyclic amines) is 1. The lowest BCUT2D eigenvalue weighted by Crippen LogP contribution is -2.48. The van der Waals surface area contributed by atoms with Crippen LogP contribution in [0.2, 0.25) is 0 Å². The molecule has 3 atom stereocenters. The Bertz CT molecular complexity index is 579. The summed E-state index contributed by atoms with van der Waals surface area (Å²) in [5.74, 6) is 0.774. The molecule has 2 aliphatic rings. The first kappa shape index (κ1) is 17.4. The number of benzene rings is 1. The summed E-state index contributed by atoms with van der Waals surface area (Å²) in [4.78, 5) is 14.8. The molecule has 24 heavy (non-hydrogen) atoms. The molecule has 1 saturated heterocycles. The number of carbonyl (C=O) groups excluding carboxylic acids is 1. The molecule has 1 aromatic rings. The number of nitrogens with zero attached hydrogens (tertiary/aromatic N) is 1. The van der Waals surface area contributed by atoms with Gasteiger partial charge in [0.2, 0.25) is 5.91 Å². The van der Waals surface area contributed by atoms with Crippen LogP contribution < -0.4 is 5.32 Å². The van der Waals surface area contributed by atoms with Crippen molar-refractivity contribution in [1.82, 2.24) is 10.2 Å². The van der Waals surface area contributed by atoms with E-state index in [9.17, 15) is 9.90 Å². The van der Waals surface area contributed by atoms with E-state index in [1.807, 2.05) is 18.2 Å². The number of hydrogen-bond donors (Lipinski definition) is 2. The largest absolute Gasteiger partial charge is 0.387 e. The van der Waals surface area contributed by atoms with Crippen molar-refractivity contribution in [3.8, 4) is 0 Å². The van der Waals surface area contributed by atoms with Gasteiger partial charge in [0, 0.05) is 18.0 Å². The van der Waals surface area contributed by atoms with Gasteiger partial charge in [-0.25, -0.2) is 0 Å². The highest BCUT2D eigenvalue weighted by atomic mass is 16.3. The van der Waals surface area contributed by atoms with E-state index < -0.39 is 6.10 Å². The topological polar surface area (TPSA) is 52.6 Å². The van der Waals surface area contributed by atoms with Crippen LogP contribution in [0.3, 0.4) is 0 Å². The van der Waals surface area contributed by atoms with E-state index in [0.717, 1.165) is 37.9 Å². The third-order valence-electron chi connectivity index (χ3n) is 5.91. The summed E-state index contributed by atoms with van der Waals surface area (Å²) in [5.41, 5.74) is 2.34. The van der Waals surface area contributed by atoms with Gasteiger partial charge in [-0.05, 0) is 56.3 Å². The number of hydrogen-bond acceptors (Lipinski definition) is 3. The fraction of sp³-hybridized carbons (Fsp3) is 0.650. The molecular formula is C20H30N2O2. The SMILES string of the molecule is CC(C)C(C)NC(=O)C1CCN(C2Cc3ccccc3C2O)CC1. The molecule has 1 aromatic carbocycles. The highest BCUT2D eigenvalue weighted by Crippen LogP contribution is 2.36. The molecule has 3 unspecified atom stereocenters. The minimum absolute atomic E-state index is 0.114. The second-order valence-corrected chi connectivity index (χ2v) is 7.77. The maximum absolute atomic E-state index is 12.4. The number of rotatable bonds is 4. The van der Waals surface area contributed by atoms with Gasteiger partial charge in [0.15, 0.2) is 0 Å². The van der Waals surface area contributed by atoms with Crippen LogP contribution in [-0.2, 0) is 11.2 Å². The zero-order valence-electron chi connectivity index (χ0n) is 15.0. The molecule has 0 spiro atoms. The number of aliphatic hydroxyl groups excluding tert-OH is 1. The van der Waals surface area contributed by atoms with Crippen LogP contribution in [0.4, 0.5) is 0 Å². The molecular weight excluding hydrogens is 300 g/mol. The van der Waals surface area contributed by atoms with Crippen LogP contribution in [0, 0.1) is 11.8 Å². The molecule has 2 N–H and O–H groups in total. The van der Waals surface area contributed by atoms with E-state index >= 15 is 0 Å². The van der Waals surface area contributed by atoms with Crippen LogP contribution in [0.5, 0.6) is 0 Å². The third kappa shape index (κ3) is 3.50. The molecule has 3 rings (SSSR count). The number of carbonyl (C=O) groups is 1. The van der Waals surface area contributed by atoms with Crippen LogP contribution in [0.15, 0.2) is 24.3 Å². The van der Waals surface area contributed by atoms with Crippen molar-refractivity contribution >= 4 is 5.91 Å². The van der Waals surface area contributed by atoms with Crippen molar-refractivity contribution in [2.75, 3.05) is 13.1 Å². The molecule has 1 aliphatic carbocycles. The van der Waals surface area contributed by atoms with E-state index in [0.29, 0.717) is 5.92 Å². The summed E-state index contributed by atoms with van der Waals surface area (Å²) in [7, 11) is 0. The third-order valence-corrected chi connectivity index (χ3v) is 5.91. The van der Waals surface area contributed by atoms with Crippen molar-refractivity contribution < 1.29 is 9.90 Å². The second kappa shape index (κ2) is 7.24. The summed E-state index contributed by atoms with van der Waals surface area (Å²) in [6.45, 7) is 8.12. The smallest absolute Gasteiger partial charge is 0.223 e. The van der Waals surface area contributed by atoms with Crippen molar-refractivity contribution in [3.63, 3.8) is 0 Å². The molecule has 4 nitrogen and oxygen atoms in total. The first-order valence-corrected chi connectivity index (χ1v) is 9.27. The fourth-order valence-corrected chi connectivity index (χ4v) is 3.88. The minimum atomic E-state index is -0.396. The van der Waals surface area contributed by atoms with Crippen molar-refractivity contribution in [2.45, 2.75) is 58.2 Å². The minimum Gasteiger partial charge on any atom is -0.387 e. The zero-order valence-corrected chi connectivity index (χ0v) is 15.0. The van der Waals surface area contributed by atoms with Gasteiger partial charge in [-0.3, -0.25) is 9.69 Å². The molecule has 0 aromatic heterocycles. The van der Waals surface area contributed by atoms with Crippen molar-refractivity contribution in [1.29, 1.82) is 0 Å². The molecule has 1 heterocycles. The Morgan fingerprint density at radius 2 is 1.88 bits per heavy atom. The van der Waals surface area contributed by atoms with Gasteiger partial charge in [0.1, 0.15) is 0 Å². The Morgan fingerprint density at radius 1 is 1.21 bits per heavy atom. The standard InChI is InChI=1S/C20H30N2O2/c1-13(2)14(3)21-20(24)15-8-10-22(11-9-15)18-12-16-6-4-5-7-17(16)19(18)23/h4-7,13-15,18-19,23H,8-12H2,1-3H3,(H,21,24).